The van der Waals surface area contributed by atoms with E-state index in [0.29, 0.717) is 0 Å². The molecule has 1 atom stereocenters. The van der Waals surface area contributed by atoms with Crippen molar-refractivity contribution in [2.24, 2.45) is 5.92 Å². The van der Waals surface area contributed by atoms with Crippen LogP contribution in [0, 0.1) is 5.92 Å². The third kappa shape index (κ3) is 9.64. The second kappa shape index (κ2) is 12.4. The summed E-state index contributed by atoms with van der Waals surface area (Å²) in [6.07, 6.45) is 10.9. The average Bonchev–Trinajstić information content (AvgIpc) is 2.36. The number of nitrogens with zero attached hydrogens (tertiary/aromatic N) is 1. The van der Waals surface area contributed by atoms with Gasteiger partial charge in [0.1, 0.15) is 0 Å². The molecular weight excluding hydrogens is 206 g/mol. The normalized spacial score (nSPS) is 13.2. The Morgan fingerprint density at radius 3 is 1.71 bits per heavy atom. The molecule has 104 valence electrons. The molecule has 0 spiro atoms. The fourth-order valence-electron chi connectivity index (χ4n) is 2.34. The zero-order valence-corrected chi connectivity index (χ0v) is 12.8. The Kier molecular flexibility index (Phi) is 12.4. The van der Waals surface area contributed by atoms with Gasteiger partial charge in [-0.2, -0.15) is 0 Å². The number of rotatable bonds is 12. The van der Waals surface area contributed by atoms with Gasteiger partial charge in [-0.3, -0.25) is 0 Å². The number of unbranched alkanes of at least 4 members (excludes halogenated alkanes) is 3. The van der Waals surface area contributed by atoms with E-state index in [9.17, 15) is 0 Å². The van der Waals surface area contributed by atoms with Crippen LogP contribution in [0.1, 0.15) is 79.1 Å². The lowest BCUT2D eigenvalue weighted by molar-refractivity contribution is 0.213. The molecule has 0 heterocycles. The fourth-order valence-corrected chi connectivity index (χ4v) is 2.34. The maximum absolute atomic E-state index is 2.72. The summed E-state index contributed by atoms with van der Waals surface area (Å²) in [4.78, 5) is 2.72. The van der Waals surface area contributed by atoms with Crippen molar-refractivity contribution in [1.29, 1.82) is 0 Å². The molecule has 0 radical (unpaired) electrons. The molecule has 0 saturated carbocycles. The molecule has 0 aliphatic rings. The second-order valence-corrected chi connectivity index (χ2v) is 5.42. The van der Waals surface area contributed by atoms with Gasteiger partial charge in [-0.25, -0.2) is 0 Å². The maximum Gasteiger partial charge on any atom is 0.000955 e. The Hall–Kier alpha value is -0.0400. The molecule has 1 nitrogen and oxygen atoms in total. The van der Waals surface area contributed by atoms with Crippen molar-refractivity contribution in [2.45, 2.75) is 79.1 Å². The van der Waals surface area contributed by atoms with Crippen molar-refractivity contribution in [3.63, 3.8) is 0 Å². The quantitative estimate of drug-likeness (QED) is 0.459. The lowest BCUT2D eigenvalue weighted by Gasteiger charge is -2.27. The summed E-state index contributed by atoms with van der Waals surface area (Å²) in [5, 5.41) is 0. The van der Waals surface area contributed by atoms with Crippen LogP contribution in [0.4, 0.5) is 0 Å². The third-order valence-electron chi connectivity index (χ3n) is 3.72. The molecule has 0 fully saturated rings. The molecule has 0 saturated heterocycles. The molecule has 0 unspecified atom stereocenters. The van der Waals surface area contributed by atoms with E-state index >= 15 is 0 Å². The highest BCUT2D eigenvalue weighted by atomic mass is 15.1. The molecule has 0 amide bonds. The Morgan fingerprint density at radius 2 is 1.29 bits per heavy atom. The van der Waals surface area contributed by atoms with Gasteiger partial charge in [-0.15, -0.1) is 0 Å². The molecule has 17 heavy (non-hydrogen) atoms. The minimum absolute atomic E-state index is 0.934. The van der Waals surface area contributed by atoms with E-state index in [1.54, 1.807) is 0 Å². The van der Waals surface area contributed by atoms with Crippen LogP contribution in [0.15, 0.2) is 0 Å². The first-order valence-electron chi connectivity index (χ1n) is 8.00. The van der Waals surface area contributed by atoms with Crippen molar-refractivity contribution in [1.82, 2.24) is 4.90 Å². The Labute approximate surface area is 110 Å². The molecular formula is C16H35N. The summed E-state index contributed by atoms with van der Waals surface area (Å²) >= 11 is 0. The highest BCUT2D eigenvalue weighted by molar-refractivity contribution is 4.65. The SMILES string of the molecule is CCCC[C@H](CC)CN(CCCC)CCCC. The van der Waals surface area contributed by atoms with E-state index < -0.39 is 0 Å². The summed E-state index contributed by atoms with van der Waals surface area (Å²) in [6, 6.07) is 0. The highest BCUT2D eigenvalue weighted by Crippen LogP contribution is 2.15. The van der Waals surface area contributed by atoms with E-state index in [2.05, 4.69) is 32.6 Å². The van der Waals surface area contributed by atoms with Gasteiger partial charge in [0, 0.05) is 6.54 Å². The number of hydrogen-bond acceptors (Lipinski definition) is 1. The first-order chi connectivity index (χ1) is 8.28. The molecule has 0 rings (SSSR count). The van der Waals surface area contributed by atoms with Gasteiger partial charge in [0.05, 0.1) is 0 Å². The number of hydrogen-bond donors (Lipinski definition) is 0. The van der Waals surface area contributed by atoms with E-state index in [4.69, 9.17) is 0 Å². The molecule has 0 aromatic heterocycles. The Morgan fingerprint density at radius 1 is 0.765 bits per heavy atom. The van der Waals surface area contributed by atoms with Crippen molar-refractivity contribution >= 4 is 0 Å². The summed E-state index contributed by atoms with van der Waals surface area (Å²) in [5.41, 5.74) is 0. The maximum atomic E-state index is 2.72. The predicted octanol–water partition coefficient (Wildman–Crippen LogP) is 5.11. The molecule has 0 aromatic rings. The van der Waals surface area contributed by atoms with Crippen molar-refractivity contribution in [3.8, 4) is 0 Å². The first kappa shape index (κ1) is 17.0. The zero-order valence-electron chi connectivity index (χ0n) is 12.8. The molecule has 0 bridgehead atoms. The van der Waals surface area contributed by atoms with Crippen LogP contribution >= 0.6 is 0 Å². The summed E-state index contributed by atoms with van der Waals surface area (Å²) in [7, 11) is 0. The van der Waals surface area contributed by atoms with Gasteiger partial charge in [0.25, 0.3) is 0 Å². The topological polar surface area (TPSA) is 3.24 Å². The van der Waals surface area contributed by atoms with Crippen LogP contribution in [0.5, 0.6) is 0 Å². The van der Waals surface area contributed by atoms with Gasteiger partial charge in [0.15, 0.2) is 0 Å². The van der Waals surface area contributed by atoms with Crippen LogP contribution in [0.2, 0.25) is 0 Å². The first-order valence-corrected chi connectivity index (χ1v) is 8.00. The minimum Gasteiger partial charge on any atom is -0.303 e. The minimum atomic E-state index is 0.934. The van der Waals surface area contributed by atoms with E-state index in [-0.39, 0.29) is 0 Å². The van der Waals surface area contributed by atoms with Crippen LogP contribution in [0.3, 0.4) is 0 Å². The molecule has 0 aliphatic heterocycles. The molecule has 0 aliphatic carbocycles. The Balaban J connectivity index is 3.97. The van der Waals surface area contributed by atoms with Gasteiger partial charge in [0.2, 0.25) is 0 Å². The molecule has 0 N–H and O–H groups in total. The predicted molar refractivity (Wildman–Crippen MR) is 79.6 cm³/mol. The fraction of sp³-hybridized carbons (Fsp3) is 1.00. The van der Waals surface area contributed by atoms with Gasteiger partial charge < -0.3 is 4.90 Å². The van der Waals surface area contributed by atoms with Gasteiger partial charge >= 0.3 is 0 Å². The third-order valence-corrected chi connectivity index (χ3v) is 3.72. The van der Waals surface area contributed by atoms with Gasteiger partial charge in [-0.1, -0.05) is 59.8 Å². The molecule has 1 heteroatoms. The highest BCUT2D eigenvalue weighted by Gasteiger charge is 2.11. The van der Waals surface area contributed by atoms with Crippen LogP contribution in [-0.4, -0.2) is 24.5 Å². The van der Waals surface area contributed by atoms with Crippen LogP contribution < -0.4 is 0 Å². The average molecular weight is 241 g/mol. The van der Waals surface area contributed by atoms with E-state index in [1.807, 2.05) is 0 Å². The summed E-state index contributed by atoms with van der Waals surface area (Å²) in [5.74, 6) is 0.934. The summed E-state index contributed by atoms with van der Waals surface area (Å²) in [6.45, 7) is 13.2. The van der Waals surface area contributed by atoms with Crippen LogP contribution in [-0.2, 0) is 0 Å². The standard InChI is InChI=1S/C16H35N/c1-5-9-12-16(8-4)15-17(13-10-6-2)14-11-7-3/h16H,5-15H2,1-4H3/t16-/m0/s1. The van der Waals surface area contributed by atoms with E-state index in [1.165, 1.54) is 71.0 Å². The molecule has 0 aromatic carbocycles. The second-order valence-electron chi connectivity index (χ2n) is 5.42. The summed E-state index contributed by atoms with van der Waals surface area (Å²) < 4.78 is 0. The Bertz CT molecular complexity index is 136. The van der Waals surface area contributed by atoms with Crippen molar-refractivity contribution in [3.05, 3.63) is 0 Å². The van der Waals surface area contributed by atoms with Crippen molar-refractivity contribution < 1.29 is 0 Å². The van der Waals surface area contributed by atoms with E-state index in [0.717, 1.165) is 5.92 Å². The van der Waals surface area contributed by atoms with Crippen LogP contribution in [0.25, 0.3) is 0 Å². The van der Waals surface area contributed by atoms with Crippen molar-refractivity contribution in [2.75, 3.05) is 19.6 Å². The lowest BCUT2D eigenvalue weighted by atomic mass is 9.98. The monoisotopic (exact) mass is 241 g/mol. The smallest absolute Gasteiger partial charge is 0.000955 e. The van der Waals surface area contributed by atoms with Gasteiger partial charge in [-0.05, 0) is 38.3 Å². The largest absolute Gasteiger partial charge is 0.303 e. The lowest BCUT2D eigenvalue weighted by Crippen LogP contribution is -2.31. The zero-order chi connectivity index (χ0) is 12.9.